The number of carbonyl (C=O) groups is 1. The summed E-state index contributed by atoms with van der Waals surface area (Å²) in [5.74, 6) is 0.739. The first-order chi connectivity index (χ1) is 23.2. The van der Waals surface area contributed by atoms with Crippen molar-refractivity contribution in [2.24, 2.45) is 0 Å². The summed E-state index contributed by atoms with van der Waals surface area (Å²) in [6, 6.07) is 44.0. The van der Waals surface area contributed by atoms with E-state index in [1.54, 1.807) is 0 Å². The Balaban J connectivity index is 1.11. The number of imidazole rings is 1. The van der Waals surface area contributed by atoms with Crippen LogP contribution in [0.1, 0.15) is 51.9 Å². The molecule has 1 atom stereocenters. The number of aromatic nitrogens is 2. The molecule has 3 heterocycles. The predicted octanol–water partition coefficient (Wildman–Crippen LogP) is 7.68. The molecule has 0 saturated carbocycles. The highest BCUT2D eigenvalue weighted by Gasteiger charge is 2.31. The third kappa shape index (κ3) is 6.69. The number of rotatable bonds is 10. The van der Waals surface area contributed by atoms with E-state index in [2.05, 4.69) is 113 Å². The van der Waals surface area contributed by atoms with Crippen molar-refractivity contribution in [2.45, 2.75) is 31.9 Å². The third-order valence-corrected chi connectivity index (χ3v) is 9.33. The summed E-state index contributed by atoms with van der Waals surface area (Å²) >= 11 is 0. The van der Waals surface area contributed by atoms with Gasteiger partial charge in [-0.3, -0.25) is 9.69 Å². The number of benzene rings is 4. The van der Waals surface area contributed by atoms with E-state index in [1.165, 1.54) is 11.1 Å². The van der Waals surface area contributed by atoms with Crippen LogP contribution < -0.4 is 4.74 Å². The number of pyridine rings is 1. The van der Waals surface area contributed by atoms with Crippen LogP contribution in [0.25, 0.3) is 5.65 Å². The minimum atomic E-state index is -0.150. The van der Waals surface area contributed by atoms with E-state index >= 15 is 0 Å². The van der Waals surface area contributed by atoms with Crippen LogP contribution >= 0.6 is 0 Å². The SMILES string of the molecule is Cc1ccccc1C(CC(=O)N1CCN(C(c2ccccc2)c2ccccc2)CC1)c1cnc2c(OCc3ccccc3)cccn12. The van der Waals surface area contributed by atoms with Crippen molar-refractivity contribution in [3.63, 3.8) is 0 Å². The van der Waals surface area contributed by atoms with E-state index in [-0.39, 0.29) is 17.9 Å². The highest BCUT2D eigenvalue weighted by atomic mass is 16.5. The van der Waals surface area contributed by atoms with Crippen LogP contribution in [-0.2, 0) is 11.4 Å². The molecule has 1 unspecified atom stereocenters. The molecule has 7 rings (SSSR count). The van der Waals surface area contributed by atoms with Gasteiger partial charge in [0.05, 0.1) is 11.7 Å². The lowest BCUT2D eigenvalue weighted by molar-refractivity contribution is -0.133. The van der Waals surface area contributed by atoms with E-state index < -0.39 is 0 Å². The molecule has 6 heteroatoms. The topological polar surface area (TPSA) is 50.1 Å². The van der Waals surface area contributed by atoms with Crippen molar-refractivity contribution in [2.75, 3.05) is 26.2 Å². The highest BCUT2D eigenvalue weighted by Crippen LogP contribution is 2.34. The smallest absolute Gasteiger partial charge is 0.223 e. The van der Waals surface area contributed by atoms with Gasteiger partial charge < -0.3 is 14.0 Å². The molecule has 1 fully saturated rings. The fourth-order valence-electron chi connectivity index (χ4n) is 6.88. The number of hydrogen-bond acceptors (Lipinski definition) is 4. The van der Waals surface area contributed by atoms with Gasteiger partial charge in [-0.05, 0) is 46.9 Å². The van der Waals surface area contributed by atoms with Crippen molar-refractivity contribution in [1.82, 2.24) is 19.2 Å². The van der Waals surface area contributed by atoms with Crippen LogP contribution in [0.15, 0.2) is 140 Å². The Kier molecular flexibility index (Phi) is 9.11. The average Bonchev–Trinajstić information content (AvgIpc) is 3.56. The Morgan fingerprint density at radius 3 is 2.02 bits per heavy atom. The number of piperazine rings is 1. The first kappa shape index (κ1) is 30.5. The number of carbonyl (C=O) groups excluding carboxylic acids is 1. The number of hydrogen-bond donors (Lipinski definition) is 0. The van der Waals surface area contributed by atoms with Gasteiger partial charge in [-0.2, -0.15) is 0 Å². The molecule has 0 aliphatic carbocycles. The van der Waals surface area contributed by atoms with E-state index in [0.29, 0.717) is 26.1 Å². The minimum Gasteiger partial charge on any atom is -0.485 e. The second-order valence-corrected chi connectivity index (χ2v) is 12.3. The molecule has 0 bridgehead atoms. The zero-order chi connectivity index (χ0) is 32.0. The van der Waals surface area contributed by atoms with Gasteiger partial charge >= 0.3 is 0 Å². The largest absolute Gasteiger partial charge is 0.485 e. The average molecular weight is 621 g/mol. The van der Waals surface area contributed by atoms with Crippen molar-refractivity contribution < 1.29 is 9.53 Å². The fraction of sp³-hybridized carbons (Fsp3) is 0.220. The van der Waals surface area contributed by atoms with Gasteiger partial charge in [-0.25, -0.2) is 4.98 Å². The maximum atomic E-state index is 14.1. The molecule has 1 saturated heterocycles. The third-order valence-electron chi connectivity index (χ3n) is 9.33. The standard InChI is InChI=1S/C41H40N4O2/c1-31-14-11-12-21-35(31)36(37-29-42-41-38(22-13-23-45(37)41)47-30-32-15-5-2-6-16-32)28-39(46)43-24-26-44(27-25-43)40(33-17-7-3-8-18-33)34-19-9-4-10-20-34/h2-23,29,36,40H,24-28,30H2,1H3. The van der Waals surface area contributed by atoms with Crippen molar-refractivity contribution >= 4 is 11.6 Å². The lowest BCUT2D eigenvalue weighted by atomic mass is 9.89. The number of fused-ring (bicyclic) bond motifs is 1. The van der Waals surface area contributed by atoms with Crippen molar-refractivity contribution in [3.05, 3.63) is 173 Å². The zero-order valence-corrected chi connectivity index (χ0v) is 26.8. The summed E-state index contributed by atoms with van der Waals surface area (Å²) in [7, 11) is 0. The molecular weight excluding hydrogens is 580 g/mol. The first-order valence-corrected chi connectivity index (χ1v) is 16.5. The van der Waals surface area contributed by atoms with Crippen LogP contribution in [0.4, 0.5) is 0 Å². The summed E-state index contributed by atoms with van der Waals surface area (Å²) in [5.41, 5.74) is 7.70. The van der Waals surface area contributed by atoms with Crippen LogP contribution in [-0.4, -0.2) is 51.3 Å². The molecule has 2 aromatic heterocycles. The maximum absolute atomic E-state index is 14.1. The van der Waals surface area contributed by atoms with Gasteiger partial charge in [0, 0.05) is 50.9 Å². The summed E-state index contributed by atoms with van der Waals surface area (Å²) < 4.78 is 8.32. The van der Waals surface area contributed by atoms with Gasteiger partial charge in [-0.15, -0.1) is 0 Å². The minimum absolute atomic E-state index is 0.150. The van der Waals surface area contributed by atoms with E-state index in [1.807, 2.05) is 47.6 Å². The fourth-order valence-corrected chi connectivity index (χ4v) is 6.88. The zero-order valence-electron chi connectivity index (χ0n) is 26.8. The molecule has 1 aliphatic rings. The maximum Gasteiger partial charge on any atom is 0.223 e. The van der Waals surface area contributed by atoms with Gasteiger partial charge in [0.25, 0.3) is 0 Å². The van der Waals surface area contributed by atoms with E-state index in [4.69, 9.17) is 9.72 Å². The van der Waals surface area contributed by atoms with E-state index in [0.717, 1.165) is 46.9 Å². The number of amides is 1. The molecule has 0 spiro atoms. The summed E-state index contributed by atoms with van der Waals surface area (Å²) in [6.45, 7) is 5.60. The Morgan fingerprint density at radius 1 is 0.745 bits per heavy atom. The van der Waals surface area contributed by atoms with Crippen molar-refractivity contribution in [1.29, 1.82) is 0 Å². The van der Waals surface area contributed by atoms with Crippen LogP contribution in [0, 0.1) is 6.92 Å². The molecule has 1 aliphatic heterocycles. The number of aryl methyl sites for hydroxylation is 1. The molecule has 6 nitrogen and oxygen atoms in total. The summed E-state index contributed by atoms with van der Waals surface area (Å²) in [4.78, 5) is 23.5. The van der Waals surface area contributed by atoms with Crippen molar-refractivity contribution in [3.8, 4) is 5.75 Å². The lowest BCUT2D eigenvalue weighted by Gasteiger charge is -2.40. The van der Waals surface area contributed by atoms with Gasteiger partial charge in [0.1, 0.15) is 6.61 Å². The highest BCUT2D eigenvalue weighted by molar-refractivity contribution is 5.78. The van der Waals surface area contributed by atoms with Crippen LogP contribution in [0.2, 0.25) is 0 Å². The summed E-state index contributed by atoms with van der Waals surface area (Å²) in [6.07, 6.45) is 4.31. The Morgan fingerprint density at radius 2 is 1.36 bits per heavy atom. The first-order valence-electron chi connectivity index (χ1n) is 16.5. The lowest BCUT2D eigenvalue weighted by Crippen LogP contribution is -2.50. The molecule has 0 N–H and O–H groups in total. The van der Waals surface area contributed by atoms with Gasteiger partial charge in [0.2, 0.25) is 5.91 Å². The second kappa shape index (κ2) is 14.1. The van der Waals surface area contributed by atoms with Crippen LogP contribution in [0.5, 0.6) is 5.75 Å². The van der Waals surface area contributed by atoms with E-state index in [9.17, 15) is 4.79 Å². The molecular formula is C41H40N4O2. The van der Waals surface area contributed by atoms with Gasteiger partial charge in [0.15, 0.2) is 11.4 Å². The molecule has 0 radical (unpaired) electrons. The Bertz CT molecular complexity index is 1880. The molecule has 4 aromatic carbocycles. The Labute approximate surface area is 276 Å². The quantitative estimate of drug-likeness (QED) is 0.158. The van der Waals surface area contributed by atoms with Crippen LogP contribution in [0.3, 0.4) is 0 Å². The molecule has 6 aromatic rings. The normalized spacial score (nSPS) is 14.4. The number of nitrogens with zero attached hydrogens (tertiary/aromatic N) is 4. The predicted molar refractivity (Wildman–Crippen MR) is 186 cm³/mol. The number of ether oxygens (including phenoxy) is 1. The van der Waals surface area contributed by atoms with Gasteiger partial charge in [-0.1, -0.05) is 115 Å². The molecule has 47 heavy (non-hydrogen) atoms. The monoisotopic (exact) mass is 620 g/mol. The Hall–Kier alpha value is -5.20. The second-order valence-electron chi connectivity index (χ2n) is 12.3. The summed E-state index contributed by atoms with van der Waals surface area (Å²) in [5, 5.41) is 0. The molecule has 1 amide bonds. The molecule has 236 valence electrons.